The number of carbonyl (C=O) groups excluding carboxylic acids is 1. The van der Waals surface area contributed by atoms with E-state index < -0.39 is 0 Å². The van der Waals surface area contributed by atoms with Gasteiger partial charge in [0.25, 0.3) is 5.91 Å². The lowest BCUT2D eigenvalue weighted by molar-refractivity contribution is 0.0705. The van der Waals surface area contributed by atoms with Crippen molar-refractivity contribution in [3.8, 4) is 11.5 Å². The lowest BCUT2D eigenvalue weighted by Gasteiger charge is -2.32. The van der Waals surface area contributed by atoms with Crippen molar-refractivity contribution < 1.29 is 14.3 Å². The fraction of sp³-hybridized carbons (Fsp3) is 0.389. The second-order valence-electron chi connectivity index (χ2n) is 5.83. The number of likely N-dealkylation sites (tertiary alicyclic amines) is 1. The second-order valence-corrected chi connectivity index (χ2v) is 5.83. The number of rotatable bonds is 4. The maximum absolute atomic E-state index is 12.9. The van der Waals surface area contributed by atoms with E-state index in [9.17, 15) is 4.79 Å². The van der Waals surface area contributed by atoms with Gasteiger partial charge in [-0.1, -0.05) is 0 Å². The van der Waals surface area contributed by atoms with Gasteiger partial charge in [0.1, 0.15) is 17.8 Å². The summed E-state index contributed by atoms with van der Waals surface area (Å²) in [6.45, 7) is 1.41. The highest BCUT2D eigenvalue weighted by Crippen LogP contribution is 2.28. The third-order valence-electron chi connectivity index (χ3n) is 4.33. The maximum Gasteiger partial charge on any atom is 0.254 e. The number of hydrogen-bond acceptors (Lipinski definition) is 5. The monoisotopic (exact) mass is 327 g/mol. The van der Waals surface area contributed by atoms with Gasteiger partial charge in [-0.2, -0.15) is 0 Å². The molecular weight excluding hydrogens is 306 g/mol. The Bertz CT molecular complexity index is 684. The first kappa shape index (κ1) is 16.2. The third-order valence-corrected chi connectivity index (χ3v) is 4.33. The highest BCUT2D eigenvalue weighted by molar-refractivity contribution is 5.95. The van der Waals surface area contributed by atoms with E-state index >= 15 is 0 Å². The van der Waals surface area contributed by atoms with Crippen molar-refractivity contribution in [1.82, 2.24) is 14.9 Å². The van der Waals surface area contributed by atoms with Crippen LogP contribution in [0.25, 0.3) is 0 Å². The molecule has 24 heavy (non-hydrogen) atoms. The maximum atomic E-state index is 12.9. The van der Waals surface area contributed by atoms with Crippen LogP contribution in [0.2, 0.25) is 0 Å². The van der Waals surface area contributed by atoms with E-state index in [0.29, 0.717) is 23.6 Å². The standard InChI is InChI=1S/C18H21N3O3/c1-23-15-8-14(9-16(10-15)24-2)18(22)21-7-3-4-13(11-21)17-5-6-19-12-20-17/h5-6,8-10,12-13H,3-4,7,11H2,1-2H3. The topological polar surface area (TPSA) is 64.6 Å². The van der Waals surface area contributed by atoms with Crippen LogP contribution in [0, 0.1) is 0 Å². The molecule has 1 saturated heterocycles. The Morgan fingerprint density at radius 1 is 1.21 bits per heavy atom. The van der Waals surface area contributed by atoms with Gasteiger partial charge in [-0.25, -0.2) is 9.97 Å². The van der Waals surface area contributed by atoms with Crippen molar-refractivity contribution in [1.29, 1.82) is 0 Å². The van der Waals surface area contributed by atoms with E-state index in [1.54, 1.807) is 44.9 Å². The molecule has 2 aromatic rings. The zero-order valence-corrected chi connectivity index (χ0v) is 13.9. The highest BCUT2D eigenvalue weighted by Gasteiger charge is 2.26. The molecule has 0 N–H and O–H groups in total. The van der Waals surface area contributed by atoms with Gasteiger partial charge >= 0.3 is 0 Å². The Morgan fingerprint density at radius 2 is 1.96 bits per heavy atom. The quantitative estimate of drug-likeness (QED) is 0.863. The second kappa shape index (κ2) is 7.29. The normalized spacial score (nSPS) is 17.4. The Balaban J connectivity index is 1.79. The summed E-state index contributed by atoms with van der Waals surface area (Å²) >= 11 is 0. The van der Waals surface area contributed by atoms with Gasteiger partial charge in [0.15, 0.2) is 0 Å². The molecular formula is C18H21N3O3. The smallest absolute Gasteiger partial charge is 0.254 e. The highest BCUT2D eigenvalue weighted by atomic mass is 16.5. The van der Waals surface area contributed by atoms with Gasteiger partial charge in [0.2, 0.25) is 0 Å². The average molecular weight is 327 g/mol. The van der Waals surface area contributed by atoms with E-state index in [-0.39, 0.29) is 11.8 Å². The Hall–Kier alpha value is -2.63. The molecule has 1 aromatic heterocycles. The minimum atomic E-state index is -0.00837. The molecule has 1 fully saturated rings. The van der Waals surface area contributed by atoms with Crippen molar-refractivity contribution in [2.24, 2.45) is 0 Å². The first-order valence-electron chi connectivity index (χ1n) is 7.99. The van der Waals surface area contributed by atoms with Crippen LogP contribution in [0.3, 0.4) is 0 Å². The van der Waals surface area contributed by atoms with Crippen molar-refractivity contribution in [3.05, 3.63) is 48.0 Å². The fourth-order valence-electron chi connectivity index (χ4n) is 3.06. The summed E-state index contributed by atoms with van der Waals surface area (Å²) in [4.78, 5) is 23.1. The van der Waals surface area contributed by atoms with E-state index in [1.807, 2.05) is 11.0 Å². The molecule has 1 unspecified atom stereocenters. The number of amides is 1. The number of piperidine rings is 1. The molecule has 0 radical (unpaired) electrons. The molecule has 2 heterocycles. The predicted octanol–water partition coefficient (Wildman–Crippen LogP) is 2.51. The number of benzene rings is 1. The van der Waals surface area contributed by atoms with Crippen LogP contribution < -0.4 is 9.47 Å². The molecule has 1 aliphatic heterocycles. The van der Waals surface area contributed by atoms with Crippen LogP contribution in [0.5, 0.6) is 11.5 Å². The van der Waals surface area contributed by atoms with Gasteiger partial charge < -0.3 is 14.4 Å². The summed E-state index contributed by atoms with van der Waals surface area (Å²) in [6, 6.07) is 7.18. The summed E-state index contributed by atoms with van der Waals surface area (Å²) in [5.74, 6) is 1.47. The number of methoxy groups -OCH3 is 2. The Morgan fingerprint density at radius 3 is 2.58 bits per heavy atom. The van der Waals surface area contributed by atoms with Crippen LogP contribution in [0.1, 0.15) is 34.8 Å². The number of ether oxygens (including phenoxy) is 2. The first-order valence-corrected chi connectivity index (χ1v) is 7.99. The van der Waals surface area contributed by atoms with E-state index in [1.165, 1.54) is 0 Å². The van der Waals surface area contributed by atoms with E-state index in [2.05, 4.69) is 9.97 Å². The minimum absolute atomic E-state index is 0.00837. The van der Waals surface area contributed by atoms with Crippen molar-refractivity contribution in [3.63, 3.8) is 0 Å². The van der Waals surface area contributed by atoms with Crippen LogP contribution in [0.15, 0.2) is 36.8 Å². The average Bonchev–Trinajstić information content (AvgIpc) is 2.67. The largest absolute Gasteiger partial charge is 0.497 e. The van der Waals surface area contributed by atoms with Crippen molar-refractivity contribution >= 4 is 5.91 Å². The molecule has 1 aliphatic rings. The van der Waals surface area contributed by atoms with Crippen molar-refractivity contribution in [2.45, 2.75) is 18.8 Å². The number of hydrogen-bond donors (Lipinski definition) is 0. The van der Waals surface area contributed by atoms with Crippen LogP contribution in [0.4, 0.5) is 0 Å². The van der Waals surface area contributed by atoms with Crippen LogP contribution in [-0.4, -0.2) is 48.1 Å². The van der Waals surface area contributed by atoms with Crippen LogP contribution in [-0.2, 0) is 0 Å². The van der Waals surface area contributed by atoms with Crippen molar-refractivity contribution in [2.75, 3.05) is 27.3 Å². The zero-order chi connectivity index (χ0) is 16.9. The van der Waals surface area contributed by atoms with Gasteiger partial charge in [-0.15, -0.1) is 0 Å². The molecule has 3 rings (SSSR count). The molecule has 1 amide bonds. The molecule has 0 aliphatic carbocycles. The predicted molar refractivity (Wildman–Crippen MR) is 89.5 cm³/mol. The molecule has 6 nitrogen and oxygen atoms in total. The van der Waals surface area contributed by atoms with Gasteiger partial charge in [0.05, 0.1) is 14.2 Å². The molecule has 0 bridgehead atoms. The summed E-state index contributed by atoms with van der Waals surface area (Å²) in [5.41, 5.74) is 1.57. The molecule has 0 spiro atoms. The van der Waals surface area contributed by atoms with E-state index in [4.69, 9.17) is 9.47 Å². The summed E-state index contributed by atoms with van der Waals surface area (Å²) < 4.78 is 10.5. The molecule has 126 valence electrons. The molecule has 0 saturated carbocycles. The third kappa shape index (κ3) is 3.48. The lowest BCUT2D eigenvalue weighted by Crippen LogP contribution is -2.39. The fourth-order valence-corrected chi connectivity index (χ4v) is 3.06. The first-order chi connectivity index (χ1) is 11.7. The van der Waals surface area contributed by atoms with Gasteiger partial charge in [-0.3, -0.25) is 4.79 Å². The van der Waals surface area contributed by atoms with E-state index in [0.717, 1.165) is 25.1 Å². The molecule has 1 aromatic carbocycles. The van der Waals surface area contributed by atoms with Gasteiger partial charge in [0, 0.05) is 42.5 Å². The summed E-state index contributed by atoms with van der Waals surface area (Å²) in [7, 11) is 3.16. The number of nitrogens with zero attached hydrogens (tertiary/aromatic N) is 3. The SMILES string of the molecule is COc1cc(OC)cc(C(=O)N2CCCC(c3ccncn3)C2)c1. The summed E-state index contributed by atoms with van der Waals surface area (Å²) in [5, 5.41) is 0. The lowest BCUT2D eigenvalue weighted by atomic mass is 9.94. The Labute approximate surface area is 141 Å². The number of carbonyl (C=O) groups is 1. The minimum Gasteiger partial charge on any atom is -0.497 e. The number of aromatic nitrogens is 2. The van der Waals surface area contributed by atoms with Gasteiger partial charge in [-0.05, 0) is 31.0 Å². The molecule has 6 heteroatoms. The molecule has 1 atom stereocenters. The van der Waals surface area contributed by atoms with Crippen LogP contribution >= 0.6 is 0 Å². The zero-order valence-electron chi connectivity index (χ0n) is 13.9. The Kier molecular flexibility index (Phi) is 4.93. The summed E-state index contributed by atoms with van der Waals surface area (Å²) in [6.07, 6.45) is 5.29.